The zero-order valence-corrected chi connectivity index (χ0v) is 23.4. The van der Waals surface area contributed by atoms with Crippen molar-refractivity contribution in [3.8, 4) is 0 Å². The third-order valence-corrected chi connectivity index (χ3v) is 8.01. The van der Waals surface area contributed by atoms with Gasteiger partial charge in [0.05, 0.1) is 22.5 Å². The molecule has 3 aliphatic rings. The van der Waals surface area contributed by atoms with Crippen LogP contribution in [0, 0.1) is 19.3 Å². The molecule has 3 aromatic rings. The molecule has 6 nitrogen and oxygen atoms in total. The monoisotopic (exact) mass is 562 g/mol. The number of esters is 1. The van der Waals surface area contributed by atoms with E-state index in [2.05, 4.69) is 10.3 Å². The number of hydrogen-bond donors (Lipinski definition) is 1. The van der Waals surface area contributed by atoms with E-state index in [-0.39, 0.29) is 35.5 Å². The van der Waals surface area contributed by atoms with Gasteiger partial charge in [-0.15, -0.1) is 0 Å². The van der Waals surface area contributed by atoms with Crippen LogP contribution in [0.1, 0.15) is 85.9 Å². The van der Waals surface area contributed by atoms with Crippen LogP contribution >= 0.6 is 11.6 Å². The number of pyridine rings is 1. The van der Waals surface area contributed by atoms with Crippen molar-refractivity contribution >= 4 is 34.2 Å². The highest BCUT2D eigenvalue weighted by atomic mass is 35.5. The van der Waals surface area contributed by atoms with Crippen LogP contribution in [0.25, 0.3) is 11.0 Å². The molecule has 0 spiro atoms. The minimum atomic E-state index is -4.26. The van der Waals surface area contributed by atoms with E-state index in [1.807, 2.05) is 19.9 Å². The number of aryl methyl sites for hydroxylation is 1. The van der Waals surface area contributed by atoms with Gasteiger partial charge in [-0.2, -0.15) is 13.2 Å². The van der Waals surface area contributed by atoms with Crippen molar-refractivity contribution in [2.75, 3.05) is 5.32 Å². The average Bonchev–Trinajstić information content (AvgIpc) is 2.74. The number of fused-ring (bicyclic) bond motifs is 1. The molecule has 2 heterocycles. The van der Waals surface area contributed by atoms with Crippen LogP contribution in [-0.4, -0.2) is 22.7 Å². The van der Waals surface area contributed by atoms with Gasteiger partial charge in [-0.3, -0.25) is 4.79 Å². The van der Waals surface area contributed by atoms with Gasteiger partial charge in [0.2, 0.25) is 0 Å². The van der Waals surface area contributed by atoms with Crippen molar-refractivity contribution < 1.29 is 27.1 Å². The number of benzene rings is 1. The van der Waals surface area contributed by atoms with Gasteiger partial charge >= 0.3 is 12.1 Å². The fourth-order valence-corrected chi connectivity index (χ4v) is 6.22. The number of aromatic nitrogens is 1. The number of anilines is 1. The topological polar surface area (TPSA) is 81.4 Å². The number of nitrogens with zero attached hydrogens (tertiary/aromatic N) is 1. The van der Waals surface area contributed by atoms with Crippen LogP contribution in [0.2, 0.25) is 5.15 Å². The van der Waals surface area contributed by atoms with Gasteiger partial charge in [-0.05, 0) is 84.6 Å². The van der Waals surface area contributed by atoms with Crippen LogP contribution in [-0.2, 0) is 10.2 Å². The molecule has 0 radical (unpaired) electrons. The Morgan fingerprint density at radius 2 is 1.79 bits per heavy atom. The molecule has 1 atom stereocenters. The van der Waals surface area contributed by atoms with E-state index >= 15 is 0 Å². The van der Waals surface area contributed by atoms with Gasteiger partial charge in [-0.25, -0.2) is 9.78 Å². The van der Waals surface area contributed by atoms with Gasteiger partial charge in [-0.1, -0.05) is 17.7 Å². The number of rotatable bonds is 5. The summed E-state index contributed by atoms with van der Waals surface area (Å²) in [7, 11) is 0. The summed E-state index contributed by atoms with van der Waals surface area (Å²) in [5, 5.41) is 3.74. The van der Waals surface area contributed by atoms with Crippen LogP contribution in [0.15, 0.2) is 33.5 Å². The van der Waals surface area contributed by atoms with E-state index in [9.17, 15) is 22.8 Å². The van der Waals surface area contributed by atoms with Gasteiger partial charge in [0.1, 0.15) is 22.1 Å². The first kappa shape index (κ1) is 27.5. The van der Waals surface area contributed by atoms with Crippen molar-refractivity contribution in [2.45, 2.75) is 84.0 Å². The standard InChI is InChI=1S/C29H30ClF3N2O4/c1-14-9-17(16(3)34-19-7-8-20(30)35-21(19)25(37)39-26(4,5)6)23-18(10-14)22(36)15(2)24(38-23)27-11-28(12-27,13-27)29(31,32)33/h7-10,16,34H,11-13H2,1-6H3/t16-,27?,28?/m1/s1. The zero-order chi connectivity index (χ0) is 28.7. The molecule has 0 amide bonds. The fourth-order valence-electron chi connectivity index (χ4n) is 6.07. The van der Waals surface area contributed by atoms with Gasteiger partial charge in [0.15, 0.2) is 11.1 Å². The number of alkyl halides is 3. The van der Waals surface area contributed by atoms with Crippen molar-refractivity contribution in [1.29, 1.82) is 0 Å². The van der Waals surface area contributed by atoms with Crippen molar-refractivity contribution in [1.82, 2.24) is 4.98 Å². The smallest absolute Gasteiger partial charge is 0.394 e. The first-order valence-corrected chi connectivity index (χ1v) is 13.1. The van der Waals surface area contributed by atoms with Gasteiger partial charge < -0.3 is 14.5 Å². The van der Waals surface area contributed by atoms with E-state index in [0.717, 1.165) is 5.56 Å². The number of carbonyl (C=O) groups excluding carboxylic acids is 1. The molecule has 1 N–H and O–H groups in total. The summed E-state index contributed by atoms with van der Waals surface area (Å²) >= 11 is 6.07. The van der Waals surface area contributed by atoms with E-state index in [4.69, 9.17) is 20.8 Å². The molecule has 2 aromatic heterocycles. The summed E-state index contributed by atoms with van der Waals surface area (Å²) in [6.45, 7) is 10.5. The summed E-state index contributed by atoms with van der Waals surface area (Å²) in [6, 6.07) is 6.26. The van der Waals surface area contributed by atoms with Gasteiger partial charge in [0, 0.05) is 16.5 Å². The molecule has 1 aromatic carbocycles. The fraction of sp³-hybridized carbons (Fsp3) is 0.483. The molecule has 3 fully saturated rings. The third kappa shape index (κ3) is 4.48. The first-order valence-electron chi connectivity index (χ1n) is 12.8. The normalized spacial score (nSPS) is 23.1. The van der Waals surface area contributed by atoms with Crippen LogP contribution in [0.5, 0.6) is 0 Å². The molecular weight excluding hydrogens is 533 g/mol. The molecule has 0 aliphatic heterocycles. The van der Waals surface area contributed by atoms with Crippen LogP contribution < -0.4 is 10.7 Å². The summed E-state index contributed by atoms with van der Waals surface area (Å²) < 4.78 is 52.4. The Bertz CT molecular complexity index is 1550. The maximum absolute atomic E-state index is 13.5. The summed E-state index contributed by atoms with van der Waals surface area (Å²) in [4.78, 5) is 30.5. The molecule has 3 saturated carbocycles. The molecule has 2 bridgehead atoms. The zero-order valence-electron chi connectivity index (χ0n) is 22.6. The number of carbonyl (C=O) groups is 1. The number of halogens is 4. The van der Waals surface area contributed by atoms with E-state index in [1.165, 1.54) is 0 Å². The molecule has 0 saturated heterocycles. The Balaban J connectivity index is 1.55. The minimum absolute atomic E-state index is 0.00513. The first-order chi connectivity index (χ1) is 18.0. The third-order valence-electron chi connectivity index (χ3n) is 7.80. The van der Waals surface area contributed by atoms with Crippen molar-refractivity contribution in [2.24, 2.45) is 5.41 Å². The quantitative estimate of drug-likeness (QED) is 0.255. The predicted octanol–water partition coefficient (Wildman–Crippen LogP) is 7.57. The maximum atomic E-state index is 13.5. The lowest BCUT2D eigenvalue weighted by atomic mass is 9.34. The molecule has 6 rings (SSSR count). The second kappa shape index (κ2) is 8.71. The predicted molar refractivity (Wildman–Crippen MR) is 142 cm³/mol. The van der Waals surface area contributed by atoms with Gasteiger partial charge in [0.25, 0.3) is 0 Å². The lowest BCUT2D eigenvalue weighted by Crippen LogP contribution is -2.70. The summed E-state index contributed by atoms with van der Waals surface area (Å²) in [6.07, 6.45) is -4.46. The Labute approximate surface area is 228 Å². The highest BCUT2D eigenvalue weighted by molar-refractivity contribution is 6.29. The van der Waals surface area contributed by atoms with E-state index in [1.54, 1.807) is 45.9 Å². The second-order valence-corrected chi connectivity index (χ2v) is 12.5. The lowest BCUT2D eigenvalue weighted by molar-refractivity contribution is -0.340. The Morgan fingerprint density at radius 3 is 2.38 bits per heavy atom. The van der Waals surface area contributed by atoms with Crippen molar-refractivity contribution in [3.63, 3.8) is 0 Å². The molecule has 39 heavy (non-hydrogen) atoms. The van der Waals surface area contributed by atoms with Crippen LogP contribution in [0.4, 0.5) is 18.9 Å². The molecule has 208 valence electrons. The Hall–Kier alpha value is -3.07. The average molecular weight is 563 g/mol. The van der Waals surface area contributed by atoms with E-state index < -0.39 is 34.6 Å². The highest BCUT2D eigenvalue weighted by Crippen LogP contribution is 2.78. The SMILES string of the molecule is Cc1cc([C@@H](C)Nc2ccc(Cl)nc2C(=O)OC(C)(C)C)c2oc(C34CC(C(F)(F)F)(C3)C4)c(C)c(=O)c2c1. The minimum Gasteiger partial charge on any atom is -0.460 e. The second-order valence-electron chi connectivity index (χ2n) is 12.1. The molecular formula is C29H30ClF3N2O4. The molecule has 3 aliphatic carbocycles. The molecule has 10 heteroatoms. The molecule has 0 unspecified atom stereocenters. The Kier molecular flexibility index (Phi) is 6.14. The lowest BCUT2D eigenvalue weighted by Gasteiger charge is -2.69. The maximum Gasteiger partial charge on any atom is 0.394 e. The van der Waals surface area contributed by atoms with Crippen molar-refractivity contribution in [3.05, 3.63) is 67.8 Å². The number of ether oxygens (including phenoxy) is 1. The van der Waals surface area contributed by atoms with E-state index in [0.29, 0.717) is 33.5 Å². The summed E-state index contributed by atoms with van der Waals surface area (Å²) in [5.74, 6) is -0.313. The number of hydrogen-bond acceptors (Lipinski definition) is 6. The Morgan fingerprint density at radius 1 is 1.15 bits per heavy atom. The summed E-state index contributed by atoms with van der Waals surface area (Å²) in [5.41, 5.74) is -0.950. The number of nitrogens with one attached hydrogen (secondary N) is 1. The largest absolute Gasteiger partial charge is 0.460 e. The van der Waals surface area contributed by atoms with Crippen LogP contribution in [0.3, 0.4) is 0 Å². The highest BCUT2D eigenvalue weighted by Gasteiger charge is 2.80.